The zero-order valence-corrected chi connectivity index (χ0v) is 12.1. The van der Waals surface area contributed by atoms with Gasteiger partial charge >= 0.3 is 6.09 Å². The van der Waals surface area contributed by atoms with Gasteiger partial charge in [-0.05, 0) is 32.4 Å². The maximum absolute atomic E-state index is 12.2. The summed E-state index contributed by atoms with van der Waals surface area (Å²) in [6.07, 6.45) is -0.238. The molecule has 0 spiro atoms. The molecule has 1 aliphatic heterocycles. The molecule has 0 saturated carbocycles. The summed E-state index contributed by atoms with van der Waals surface area (Å²) in [6, 6.07) is 8.19. The number of ether oxygens (including phenoxy) is 1. The molecule has 1 amide bonds. The second-order valence-corrected chi connectivity index (χ2v) is 5.95. The maximum atomic E-state index is 12.2. The van der Waals surface area contributed by atoms with Crippen LogP contribution in [0.5, 0.6) is 0 Å². The molecular weight excluding hydrogens is 240 g/mol. The van der Waals surface area contributed by atoms with Crippen LogP contribution in [0.1, 0.15) is 26.3 Å². The van der Waals surface area contributed by atoms with E-state index in [1.54, 1.807) is 4.90 Å². The Bertz CT molecular complexity index is 465. The van der Waals surface area contributed by atoms with E-state index < -0.39 is 5.60 Å². The van der Waals surface area contributed by atoms with Gasteiger partial charge in [0.15, 0.2) is 0 Å². The number of nitrogens with zero attached hydrogens (tertiary/aromatic N) is 2. The summed E-state index contributed by atoms with van der Waals surface area (Å²) in [5, 5.41) is 0. The van der Waals surface area contributed by atoms with Crippen molar-refractivity contribution in [3.05, 3.63) is 29.8 Å². The van der Waals surface area contributed by atoms with Crippen molar-refractivity contribution in [2.75, 3.05) is 25.0 Å². The molecule has 1 aromatic carbocycles. The highest BCUT2D eigenvalue weighted by molar-refractivity contribution is 5.69. The van der Waals surface area contributed by atoms with E-state index in [1.807, 2.05) is 32.9 Å². The number of hydrogen-bond donors (Lipinski definition) is 0. The van der Waals surface area contributed by atoms with E-state index in [2.05, 4.69) is 24.1 Å². The summed E-state index contributed by atoms with van der Waals surface area (Å²) in [6.45, 7) is 7.78. The zero-order valence-electron chi connectivity index (χ0n) is 12.1. The molecule has 4 nitrogen and oxygen atoms in total. The van der Waals surface area contributed by atoms with Crippen LogP contribution in [0.25, 0.3) is 0 Å². The van der Waals surface area contributed by atoms with Gasteiger partial charge in [-0.25, -0.2) is 4.79 Å². The Morgan fingerprint density at radius 3 is 2.58 bits per heavy atom. The molecule has 0 aromatic heterocycles. The molecule has 0 fully saturated rings. The highest BCUT2D eigenvalue weighted by Gasteiger charge is 2.25. The highest BCUT2D eigenvalue weighted by Crippen LogP contribution is 2.24. The Labute approximate surface area is 115 Å². The molecule has 0 N–H and O–H groups in total. The first-order valence-corrected chi connectivity index (χ1v) is 6.64. The van der Waals surface area contributed by atoms with E-state index in [0.29, 0.717) is 13.1 Å². The van der Waals surface area contributed by atoms with Gasteiger partial charge in [0.05, 0.1) is 6.54 Å². The topological polar surface area (TPSA) is 32.8 Å². The largest absolute Gasteiger partial charge is 0.444 e. The van der Waals surface area contributed by atoms with Crippen LogP contribution in [0.15, 0.2) is 24.3 Å². The third-order valence-electron chi connectivity index (χ3n) is 3.12. The first-order chi connectivity index (χ1) is 8.87. The van der Waals surface area contributed by atoms with Gasteiger partial charge in [0, 0.05) is 25.8 Å². The number of carbonyl (C=O) groups is 1. The average Bonchev–Trinajstić information content (AvgIpc) is 2.47. The number of amides is 1. The molecule has 0 bridgehead atoms. The van der Waals surface area contributed by atoms with Crippen molar-refractivity contribution in [1.82, 2.24) is 4.90 Å². The van der Waals surface area contributed by atoms with E-state index >= 15 is 0 Å². The first-order valence-electron chi connectivity index (χ1n) is 6.64. The van der Waals surface area contributed by atoms with Crippen molar-refractivity contribution in [2.45, 2.75) is 32.9 Å². The van der Waals surface area contributed by atoms with Gasteiger partial charge in [-0.2, -0.15) is 0 Å². The van der Waals surface area contributed by atoms with Crippen molar-refractivity contribution in [1.29, 1.82) is 0 Å². The van der Waals surface area contributed by atoms with Gasteiger partial charge in [-0.1, -0.05) is 18.2 Å². The van der Waals surface area contributed by atoms with Crippen LogP contribution in [0.4, 0.5) is 10.5 Å². The molecule has 0 saturated heterocycles. The lowest BCUT2D eigenvalue weighted by Crippen LogP contribution is -2.38. The van der Waals surface area contributed by atoms with Crippen LogP contribution in [0.3, 0.4) is 0 Å². The van der Waals surface area contributed by atoms with Crippen LogP contribution in [0, 0.1) is 0 Å². The quantitative estimate of drug-likeness (QED) is 0.720. The number of carbonyl (C=O) groups excluding carboxylic acids is 1. The van der Waals surface area contributed by atoms with Gasteiger partial charge in [0.1, 0.15) is 5.60 Å². The summed E-state index contributed by atoms with van der Waals surface area (Å²) >= 11 is 0. The van der Waals surface area contributed by atoms with Crippen LogP contribution in [0.2, 0.25) is 0 Å². The minimum absolute atomic E-state index is 0.238. The fraction of sp³-hybridized carbons (Fsp3) is 0.533. The number of likely N-dealkylation sites (N-methyl/N-ethyl adjacent to an activating group) is 1. The standard InChI is InChI=1S/C15H22N2O2/c1-15(2,3)19-14(18)17-10-9-16(4)13-8-6-5-7-12(13)11-17/h5-8H,9-11H2,1-4H3. The SMILES string of the molecule is CN1CCN(C(=O)OC(C)(C)C)Cc2ccccc21. The summed E-state index contributed by atoms with van der Waals surface area (Å²) in [4.78, 5) is 16.1. The van der Waals surface area contributed by atoms with Crippen molar-refractivity contribution in [3.8, 4) is 0 Å². The van der Waals surface area contributed by atoms with Gasteiger partial charge < -0.3 is 14.5 Å². The minimum atomic E-state index is -0.450. The summed E-state index contributed by atoms with van der Waals surface area (Å²) in [7, 11) is 2.05. The van der Waals surface area contributed by atoms with Crippen molar-refractivity contribution in [2.24, 2.45) is 0 Å². The fourth-order valence-corrected chi connectivity index (χ4v) is 2.18. The predicted molar refractivity (Wildman–Crippen MR) is 76.4 cm³/mol. The number of anilines is 1. The summed E-state index contributed by atoms with van der Waals surface area (Å²) < 4.78 is 5.45. The van der Waals surface area contributed by atoms with Crippen LogP contribution >= 0.6 is 0 Å². The highest BCUT2D eigenvalue weighted by atomic mass is 16.6. The van der Waals surface area contributed by atoms with Gasteiger partial charge in [0.25, 0.3) is 0 Å². The Hall–Kier alpha value is -1.71. The normalized spacial score (nSPS) is 15.8. The van der Waals surface area contributed by atoms with Crippen molar-refractivity contribution in [3.63, 3.8) is 0 Å². The third-order valence-corrected chi connectivity index (χ3v) is 3.12. The monoisotopic (exact) mass is 262 g/mol. The molecule has 0 radical (unpaired) electrons. The Kier molecular flexibility index (Phi) is 3.69. The fourth-order valence-electron chi connectivity index (χ4n) is 2.18. The first kappa shape index (κ1) is 13.7. The molecule has 2 rings (SSSR count). The van der Waals surface area contributed by atoms with E-state index in [4.69, 9.17) is 4.74 Å². The van der Waals surface area contributed by atoms with Gasteiger partial charge in [0.2, 0.25) is 0 Å². The minimum Gasteiger partial charge on any atom is -0.444 e. The van der Waals surface area contributed by atoms with E-state index in [9.17, 15) is 4.79 Å². The molecule has 0 aliphatic carbocycles. The van der Waals surface area contributed by atoms with Gasteiger partial charge in [-0.15, -0.1) is 0 Å². The predicted octanol–water partition coefficient (Wildman–Crippen LogP) is 2.87. The average molecular weight is 262 g/mol. The van der Waals surface area contributed by atoms with E-state index in [0.717, 1.165) is 12.1 Å². The number of para-hydroxylation sites is 1. The molecule has 1 aliphatic rings. The van der Waals surface area contributed by atoms with Crippen LogP contribution in [-0.2, 0) is 11.3 Å². The number of fused-ring (bicyclic) bond motifs is 1. The van der Waals surface area contributed by atoms with Gasteiger partial charge in [-0.3, -0.25) is 0 Å². The second kappa shape index (κ2) is 5.11. The number of rotatable bonds is 0. The molecular formula is C15H22N2O2. The Balaban J connectivity index is 2.17. The van der Waals surface area contributed by atoms with E-state index in [-0.39, 0.29) is 6.09 Å². The molecule has 1 aromatic rings. The van der Waals surface area contributed by atoms with Crippen molar-refractivity contribution >= 4 is 11.8 Å². The number of benzene rings is 1. The molecule has 19 heavy (non-hydrogen) atoms. The maximum Gasteiger partial charge on any atom is 0.410 e. The Morgan fingerprint density at radius 1 is 1.21 bits per heavy atom. The molecule has 104 valence electrons. The molecule has 0 atom stereocenters. The smallest absolute Gasteiger partial charge is 0.410 e. The van der Waals surface area contributed by atoms with Crippen LogP contribution in [-0.4, -0.2) is 36.7 Å². The Morgan fingerprint density at radius 2 is 1.89 bits per heavy atom. The van der Waals surface area contributed by atoms with Crippen molar-refractivity contribution < 1.29 is 9.53 Å². The molecule has 1 heterocycles. The third kappa shape index (κ3) is 3.40. The van der Waals surface area contributed by atoms with Crippen LogP contribution < -0.4 is 4.90 Å². The summed E-state index contributed by atoms with van der Waals surface area (Å²) in [5.74, 6) is 0. The lowest BCUT2D eigenvalue weighted by Gasteiger charge is -2.26. The second-order valence-electron chi connectivity index (χ2n) is 5.95. The summed E-state index contributed by atoms with van der Waals surface area (Å²) in [5.41, 5.74) is 1.90. The van der Waals surface area contributed by atoms with E-state index in [1.165, 1.54) is 5.69 Å². The molecule has 4 heteroatoms. The molecule has 0 unspecified atom stereocenters. The zero-order chi connectivity index (χ0) is 14.0. The lowest BCUT2D eigenvalue weighted by atomic mass is 10.1. The number of hydrogen-bond acceptors (Lipinski definition) is 3. The lowest BCUT2D eigenvalue weighted by molar-refractivity contribution is 0.0243.